The Morgan fingerprint density at radius 2 is 2.12 bits per heavy atom. The number of thioether (sulfide) groups is 1. The Morgan fingerprint density at radius 1 is 1.35 bits per heavy atom. The van der Waals surface area contributed by atoms with E-state index in [4.69, 9.17) is 5.73 Å². The van der Waals surface area contributed by atoms with Crippen LogP contribution in [0.5, 0.6) is 0 Å². The molecule has 1 aromatic carbocycles. The third kappa shape index (κ3) is 3.65. The zero-order valence-electron chi connectivity index (χ0n) is 10.5. The quantitative estimate of drug-likeness (QED) is 0.637. The summed E-state index contributed by atoms with van der Waals surface area (Å²) in [6.07, 6.45) is 4.02. The molecule has 2 nitrogen and oxygen atoms in total. The van der Waals surface area contributed by atoms with Crippen molar-refractivity contribution in [3.8, 4) is 0 Å². The van der Waals surface area contributed by atoms with E-state index in [-0.39, 0.29) is 0 Å². The number of nitrogens with two attached hydrogens (primary N) is 1. The van der Waals surface area contributed by atoms with Crippen LogP contribution in [-0.2, 0) is 0 Å². The molecule has 0 unspecified atom stereocenters. The van der Waals surface area contributed by atoms with E-state index < -0.39 is 0 Å². The Hall–Kier alpha value is -0.670. The zero-order valence-corrected chi connectivity index (χ0v) is 11.4. The lowest BCUT2D eigenvalue weighted by Gasteiger charge is -2.22. The van der Waals surface area contributed by atoms with Gasteiger partial charge in [0.1, 0.15) is 0 Å². The molecule has 1 aromatic rings. The summed E-state index contributed by atoms with van der Waals surface area (Å²) in [5.74, 6) is 2.14. The minimum atomic E-state index is 0.914. The molecule has 1 saturated heterocycles. The van der Waals surface area contributed by atoms with Crippen LogP contribution in [0.1, 0.15) is 24.8 Å². The monoisotopic (exact) mass is 250 g/mol. The molecule has 3 N–H and O–H groups in total. The molecule has 0 saturated carbocycles. The molecule has 0 aromatic heterocycles. The zero-order chi connectivity index (χ0) is 12.1. The Bertz CT molecular complexity index is 359. The average Bonchev–Trinajstić information content (AvgIpc) is 2.36. The molecule has 1 aliphatic rings. The van der Waals surface area contributed by atoms with Gasteiger partial charge in [0, 0.05) is 10.6 Å². The Labute approximate surface area is 108 Å². The van der Waals surface area contributed by atoms with E-state index in [9.17, 15) is 0 Å². The molecule has 0 radical (unpaired) electrons. The Kier molecular flexibility index (Phi) is 4.75. The molecule has 0 atom stereocenters. The first-order valence-corrected chi connectivity index (χ1v) is 7.44. The molecular weight excluding hydrogens is 228 g/mol. The molecular formula is C14H22N2S. The maximum absolute atomic E-state index is 5.91. The fourth-order valence-electron chi connectivity index (χ4n) is 2.29. The number of nitrogen functional groups attached to an aromatic ring is 1. The molecule has 1 fully saturated rings. The van der Waals surface area contributed by atoms with E-state index >= 15 is 0 Å². The molecule has 0 aliphatic carbocycles. The van der Waals surface area contributed by atoms with Crippen molar-refractivity contribution < 1.29 is 0 Å². The fraction of sp³-hybridized carbons (Fsp3) is 0.571. The minimum Gasteiger partial charge on any atom is -0.398 e. The van der Waals surface area contributed by atoms with Crippen molar-refractivity contribution in [3.05, 3.63) is 23.8 Å². The van der Waals surface area contributed by atoms with Crippen molar-refractivity contribution in [2.75, 3.05) is 24.6 Å². The van der Waals surface area contributed by atoms with Crippen LogP contribution in [0.25, 0.3) is 0 Å². The number of benzene rings is 1. The second-order valence-corrected chi connectivity index (χ2v) is 5.94. The molecule has 0 spiro atoms. The van der Waals surface area contributed by atoms with E-state index in [1.165, 1.54) is 48.6 Å². The van der Waals surface area contributed by atoms with Crippen LogP contribution in [0.2, 0.25) is 0 Å². The van der Waals surface area contributed by atoms with Crippen LogP contribution >= 0.6 is 11.8 Å². The van der Waals surface area contributed by atoms with Crippen molar-refractivity contribution in [1.29, 1.82) is 0 Å². The van der Waals surface area contributed by atoms with Gasteiger partial charge in [-0.05, 0) is 68.6 Å². The summed E-state index contributed by atoms with van der Waals surface area (Å²) in [5.41, 5.74) is 8.07. The van der Waals surface area contributed by atoms with Gasteiger partial charge in [0.25, 0.3) is 0 Å². The average molecular weight is 250 g/mol. The van der Waals surface area contributed by atoms with Crippen molar-refractivity contribution in [3.63, 3.8) is 0 Å². The Morgan fingerprint density at radius 3 is 2.88 bits per heavy atom. The highest BCUT2D eigenvalue weighted by molar-refractivity contribution is 7.99. The summed E-state index contributed by atoms with van der Waals surface area (Å²) < 4.78 is 0. The van der Waals surface area contributed by atoms with Gasteiger partial charge < -0.3 is 11.1 Å². The van der Waals surface area contributed by atoms with Crippen molar-refractivity contribution in [2.45, 2.75) is 31.1 Å². The number of rotatable bonds is 4. The lowest BCUT2D eigenvalue weighted by molar-refractivity contribution is 0.367. The molecule has 3 heteroatoms. The number of nitrogens with one attached hydrogen (secondary N) is 1. The third-order valence-electron chi connectivity index (χ3n) is 3.57. The summed E-state index contributed by atoms with van der Waals surface area (Å²) >= 11 is 1.95. The largest absolute Gasteiger partial charge is 0.398 e. The lowest BCUT2D eigenvalue weighted by atomic mass is 9.96. The van der Waals surface area contributed by atoms with Gasteiger partial charge >= 0.3 is 0 Å². The summed E-state index contributed by atoms with van der Waals surface area (Å²) in [6.45, 7) is 4.52. The number of hydrogen-bond acceptors (Lipinski definition) is 3. The number of hydrogen-bond donors (Lipinski definition) is 2. The van der Waals surface area contributed by atoms with Crippen LogP contribution in [0, 0.1) is 12.8 Å². The van der Waals surface area contributed by atoms with Gasteiger partial charge in [0.05, 0.1) is 0 Å². The first kappa shape index (κ1) is 12.8. The Balaban J connectivity index is 1.79. The first-order chi connectivity index (χ1) is 8.27. The van der Waals surface area contributed by atoms with Gasteiger partial charge in [-0.1, -0.05) is 6.07 Å². The van der Waals surface area contributed by atoms with E-state index in [0.717, 1.165) is 11.6 Å². The van der Waals surface area contributed by atoms with Gasteiger partial charge in [0.15, 0.2) is 0 Å². The van der Waals surface area contributed by atoms with Crippen LogP contribution < -0.4 is 11.1 Å². The van der Waals surface area contributed by atoms with Crippen molar-refractivity contribution >= 4 is 17.4 Å². The summed E-state index contributed by atoms with van der Waals surface area (Å²) in [4.78, 5) is 1.35. The standard InChI is InChI=1S/C14H22N2S/c1-11-13(15)3-2-4-14(11)17-10-7-12-5-8-16-9-6-12/h2-4,12,16H,5-10,15H2,1H3. The minimum absolute atomic E-state index is 0.914. The molecule has 94 valence electrons. The summed E-state index contributed by atoms with van der Waals surface area (Å²) in [6, 6.07) is 6.21. The maximum atomic E-state index is 5.91. The van der Waals surface area contributed by atoms with Crippen LogP contribution in [0.15, 0.2) is 23.1 Å². The van der Waals surface area contributed by atoms with Gasteiger partial charge in [-0.15, -0.1) is 11.8 Å². The van der Waals surface area contributed by atoms with E-state index in [2.05, 4.69) is 24.4 Å². The van der Waals surface area contributed by atoms with Gasteiger partial charge in [-0.25, -0.2) is 0 Å². The van der Waals surface area contributed by atoms with Crippen LogP contribution in [0.4, 0.5) is 5.69 Å². The summed E-state index contributed by atoms with van der Waals surface area (Å²) in [5, 5.41) is 3.42. The SMILES string of the molecule is Cc1c(N)cccc1SCCC1CCNCC1. The molecule has 0 amide bonds. The predicted octanol–water partition coefficient (Wildman–Crippen LogP) is 3.06. The third-order valence-corrected chi connectivity index (χ3v) is 4.76. The van der Waals surface area contributed by atoms with E-state index in [1.54, 1.807) is 0 Å². The fourth-order valence-corrected chi connectivity index (χ4v) is 3.47. The number of piperidine rings is 1. The molecule has 1 heterocycles. The second-order valence-electron chi connectivity index (χ2n) is 4.80. The second kappa shape index (κ2) is 6.31. The topological polar surface area (TPSA) is 38.0 Å². The highest BCUT2D eigenvalue weighted by atomic mass is 32.2. The molecule has 2 rings (SSSR count). The summed E-state index contributed by atoms with van der Waals surface area (Å²) in [7, 11) is 0. The molecule has 1 aliphatic heterocycles. The first-order valence-electron chi connectivity index (χ1n) is 6.46. The maximum Gasteiger partial charge on any atom is 0.0354 e. The smallest absolute Gasteiger partial charge is 0.0354 e. The number of anilines is 1. The van der Waals surface area contributed by atoms with E-state index in [0.29, 0.717) is 0 Å². The van der Waals surface area contributed by atoms with Gasteiger partial charge in [0.2, 0.25) is 0 Å². The van der Waals surface area contributed by atoms with Crippen LogP contribution in [0.3, 0.4) is 0 Å². The van der Waals surface area contributed by atoms with Crippen molar-refractivity contribution in [2.24, 2.45) is 5.92 Å². The highest BCUT2D eigenvalue weighted by Crippen LogP contribution is 2.28. The molecule has 17 heavy (non-hydrogen) atoms. The van der Waals surface area contributed by atoms with E-state index in [1.807, 2.05) is 17.8 Å². The molecule has 0 bridgehead atoms. The lowest BCUT2D eigenvalue weighted by Crippen LogP contribution is -2.27. The van der Waals surface area contributed by atoms with Gasteiger partial charge in [-0.2, -0.15) is 0 Å². The normalized spacial score (nSPS) is 17.2. The van der Waals surface area contributed by atoms with Gasteiger partial charge in [-0.3, -0.25) is 0 Å². The van der Waals surface area contributed by atoms with Crippen LogP contribution in [-0.4, -0.2) is 18.8 Å². The van der Waals surface area contributed by atoms with Crippen molar-refractivity contribution in [1.82, 2.24) is 5.32 Å². The highest BCUT2D eigenvalue weighted by Gasteiger charge is 2.12. The predicted molar refractivity (Wildman–Crippen MR) is 76.5 cm³/mol.